The highest BCUT2D eigenvalue weighted by Gasteiger charge is 2.13. The average molecular weight is 362 g/mol. The molecule has 2 rings (SSSR count). The van der Waals surface area contributed by atoms with Crippen molar-refractivity contribution in [1.29, 1.82) is 0 Å². The number of likely N-dealkylation sites (N-methyl/N-ethyl adjacent to an activating group) is 1. The Balaban J connectivity index is 1.77. The lowest BCUT2D eigenvalue weighted by Gasteiger charge is -2.16. The van der Waals surface area contributed by atoms with Crippen LogP contribution in [0.4, 0.5) is 5.69 Å². The standard InChI is InChI=1S/C20H25ClN2O2/c1-15(2)18-6-4-5-7-19(18)22-20(24)14-23(3)12-13-25-17-10-8-16(21)9-11-17/h4-11,15H,12-14H2,1-3H3,(H,22,24)/p+1. The summed E-state index contributed by atoms with van der Waals surface area (Å²) in [6, 6.07) is 15.2. The van der Waals surface area contributed by atoms with Crippen molar-refractivity contribution in [3.63, 3.8) is 0 Å². The molecular weight excluding hydrogens is 336 g/mol. The monoisotopic (exact) mass is 361 g/mol. The Hall–Kier alpha value is -2.04. The van der Waals surface area contributed by atoms with Gasteiger partial charge in [-0.15, -0.1) is 0 Å². The second kappa shape index (κ2) is 9.44. The lowest BCUT2D eigenvalue weighted by Crippen LogP contribution is -3.10. The molecule has 134 valence electrons. The molecule has 0 fully saturated rings. The Kier molecular flexibility index (Phi) is 7.29. The molecular formula is C20H26ClN2O2+. The van der Waals surface area contributed by atoms with Crippen LogP contribution in [0.25, 0.3) is 0 Å². The van der Waals surface area contributed by atoms with Crippen LogP contribution in [0.2, 0.25) is 5.02 Å². The lowest BCUT2D eigenvalue weighted by atomic mass is 10.0. The molecule has 0 aromatic heterocycles. The number of anilines is 1. The number of ether oxygens (including phenoxy) is 1. The van der Waals surface area contributed by atoms with Crippen LogP contribution in [0.15, 0.2) is 48.5 Å². The number of hydrogen-bond donors (Lipinski definition) is 2. The minimum absolute atomic E-state index is 0.0112. The number of para-hydroxylation sites is 1. The Morgan fingerprint density at radius 1 is 1.16 bits per heavy atom. The number of quaternary nitrogens is 1. The molecule has 0 radical (unpaired) electrons. The number of carbonyl (C=O) groups excluding carboxylic acids is 1. The van der Waals surface area contributed by atoms with Gasteiger partial charge in [-0.25, -0.2) is 0 Å². The van der Waals surface area contributed by atoms with Crippen LogP contribution in [-0.2, 0) is 4.79 Å². The molecule has 1 unspecified atom stereocenters. The van der Waals surface area contributed by atoms with Gasteiger partial charge in [-0.3, -0.25) is 4.79 Å². The molecule has 2 aromatic carbocycles. The highest BCUT2D eigenvalue weighted by molar-refractivity contribution is 6.30. The third-order valence-corrected chi connectivity index (χ3v) is 4.18. The van der Waals surface area contributed by atoms with E-state index in [9.17, 15) is 4.79 Å². The third kappa shape index (κ3) is 6.40. The Morgan fingerprint density at radius 3 is 2.52 bits per heavy atom. The molecule has 25 heavy (non-hydrogen) atoms. The number of halogens is 1. The molecule has 1 atom stereocenters. The van der Waals surface area contributed by atoms with Gasteiger partial charge in [0, 0.05) is 10.7 Å². The molecule has 0 aliphatic carbocycles. The summed E-state index contributed by atoms with van der Waals surface area (Å²) in [5, 5.41) is 3.71. The topological polar surface area (TPSA) is 42.8 Å². The molecule has 5 heteroatoms. The van der Waals surface area contributed by atoms with Gasteiger partial charge in [-0.2, -0.15) is 0 Å². The van der Waals surface area contributed by atoms with Gasteiger partial charge in [-0.1, -0.05) is 43.6 Å². The fraction of sp³-hybridized carbons (Fsp3) is 0.350. The Bertz CT molecular complexity index is 686. The summed E-state index contributed by atoms with van der Waals surface area (Å²) in [7, 11) is 1.99. The van der Waals surface area contributed by atoms with Crippen molar-refractivity contribution in [3.8, 4) is 5.75 Å². The van der Waals surface area contributed by atoms with Crippen molar-refractivity contribution < 1.29 is 14.4 Å². The van der Waals surface area contributed by atoms with E-state index < -0.39 is 0 Å². The van der Waals surface area contributed by atoms with Gasteiger partial charge in [0.1, 0.15) is 18.9 Å². The van der Waals surface area contributed by atoms with Crippen LogP contribution >= 0.6 is 11.6 Å². The van der Waals surface area contributed by atoms with Crippen LogP contribution < -0.4 is 15.0 Å². The smallest absolute Gasteiger partial charge is 0.279 e. The van der Waals surface area contributed by atoms with E-state index in [-0.39, 0.29) is 5.91 Å². The average Bonchev–Trinajstić information content (AvgIpc) is 2.57. The van der Waals surface area contributed by atoms with E-state index in [1.807, 2.05) is 37.4 Å². The molecule has 0 aliphatic rings. The predicted molar refractivity (Wildman–Crippen MR) is 103 cm³/mol. The maximum atomic E-state index is 12.3. The first-order valence-electron chi connectivity index (χ1n) is 8.54. The Labute approximate surface area is 154 Å². The normalized spacial score (nSPS) is 12.0. The summed E-state index contributed by atoms with van der Waals surface area (Å²) in [6.07, 6.45) is 0. The molecule has 2 aromatic rings. The molecule has 0 heterocycles. The SMILES string of the molecule is CC(C)c1ccccc1NC(=O)C[NH+](C)CCOc1ccc(Cl)cc1. The van der Waals surface area contributed by atoms with Gasteiger partial charge in [0.2, 0.25) is 0 Å². The molecule has 0 saturated heterocycles. The van der Waals surface area contributed by atoms with Crippen LogP contribution in [0.1, 0.15) is 25.3 Å². The number of carbonyl (C=O) groups is 1. The summed E-state index contributed by atoms with van der Waals surface area (Å²) in [4.78, 5) is 13.4. The fourth-order valence-corrected chi connectivity index (χ4v) is 2.67. The predicted octanol–water partition coefficient (Wildman–Crippen LogP) is 3.00. The molecule has 2 N–H and O–H groups in total. The Morgan fingerprint density at radius 2 is 1.84 bits per heavy atom. The van der Waals surface area contributed by atoms with Gasteiger partial charge in [0.25, 0.3) is 5.91 Å². The molecule has 0 bridgehead atoms. The number of rotatable bonds is 8. The van der Waals surface area contributed by atoms with Crippen LogP contribution in [-0.4, -0.2) is 32.7 Å². The first kappa shape index (κ1) is 19.3. The lowest BCUT2D eigenvalue weighted by molar-refractivity contribution is -0.871. The second-order valence-electron chi connectivity index (χ2n) is 6.48. The van der Waals surface area contributed by atoms with Crippen molar-refractivity contribution >= 4 is 23.2 Å². The van der Waals surface area contributed by atoms with Gasteiger partial charge in [-0.05, 0) is 41.8 Å². The van der Waals surface area contributed by atoms with Crippen molar-refractivity contribution in [2.75, 3.05) is 32.1 Å². The summed E-state index contributed by atoms with van der Waals surface area (Å²) in [6.45, 7) is 5.93. The zero-order chi connectivity index (χ0) is 18.2. The van der Waals surface area contributed by atoms with Crippen molar-refractivity contribution in [2.45, 2.75) is 19.8 Å². The summed E-state index contributed by atoms with van der Waals surface area (Å²) >= 11 is 5.85. The van der Waals surface area contributed by atoms with Crippen molar-refractivity contribution in [3.05, 3.63) is 59.1 Å². The minimum atomic E-state index is 0.0112. The van der Waals surface area contributed by atoms with E-state index >= 15 is 0 Å². The first-order chi connectivity index (χ1) is 12.0. The summed E-state index contributed by atoms with van der Waals surface area (Å²) < 4.78 is 5.67. The van der Waals surface area contributed by atoms with Crippen LogP contribution in [0, 0.1) is 0 Å². The number of benzene rings is 2. The number of amides is 1. The van der Waals surface area contributed by atoms with Gasteiger partial charge < -0.3 is 15.0 Å². The van der Waals surface area contributed by atoms with E-state index in [1.54, 1.807) is 12.1 Å². The highest BCUT2D eigenvalue weighted by Crippen LogP contribution is 2.23. The van der Waals surface area contributed by atoms with E-state index in [0.717, 1.165) is 28.4 Å². The van der Waals surface area contributed by atoms with Crippen molar-refractivity contribution in [1.82, 2.24) is 0 Å². The molecule has 0 spiro atoms. The molecule has 0 aliphatic heterocycles. The maximum Gasteiger partial charge on any atom is 0.279 e. The number of hydrogen-bond acceptors (Lipinski definition) is 2. The van der Waals surface area contributed by atoms with E-state index in [1.165, 1.54) is 0 Å². The third-order valence-electron chi connectivity index (χ3n) is 3.93. The van der Waals surface area contributed by atoms with E-state index in [0.29, 0.717) is 24.1 Å². The van der Waals surface area contributed by atoms with Crippen LogP contribution in [0.5, 0.6) is 5.75 Å². The van der Waals surface area contributed by atoms with Gasteiger partial charge in [0.05, 0.1) is 7.05 Å². The zero-order valence-electron chi connectivity index (χ0n) is 15.0. The fourth-order valence-electron chi connectivity index (χ4n) is 2.55. The van der Waals surface area contributed by atoms with E-state index in [2.05, 4.69) is 25.2 Å². The minimum Gasteiger partial charge on any atom is -0.488 e. The van der Waals surface area contributed by atoms with Gasteiger partial charge in [0.15, 0.2) is 6.54 Å². The second-order valence-corrected chi connectivity index (χ2v) is 6.91. The number of nitrogens with one attached hydrogen (secondary N) is 2. The highest BCUT2D eigenvalue weighted by atomic mass is 35.5. The van der Waals surface area contributed by atoms with E-state index in [4.69, 9.17) is 16.3 Å². The molecule has 1 amide bonds. The summed E-state index contributed by atoms with van der Waals surface area (Å²) in [5.41, 5.74) is 2.05. The molecule has 4 nitrogen and oxygen atoms in total. The zero-order valence-corrected chi connectivity index (χ0v) is 15.8. The molecule has 0 saturated carbocycles. The van der Waals surface area contributed by atoms with Gasteiger partial charge >= 0.3 is 0 Å². The largest absolute Gasteiger partial charge is 0.488 e. The van der Waals surface area contributed by atoms with Crippen LogP contribution in [0.3, 0.4) is 0 Å². The van der Waals surface area contributed by atoms with Crippen molar-refractivity contribution in [2.24, 2.45) is 0 Å². The maximum absolute atomic E-state index is 12.3. The first-order valence-corrected chi connectivity index (χ1v) is 8.92. The quantitative estimate of drug-likeness (QED) is 0.759. The summed E-state index contributed by atoms with van der Waals surface area (Å²) in [5.74, 6) is 1.17.